The maximum atomic E-state index is 9.85. The summed E-state index contributed by atoms with van der Waals surface area (Å²) in [5.41, 5.74) is 0.467. The van der Waals surface area contributed by atoms with Gasteiger partial charge >= 0.3 is 0 Å². The summed E-state index contributed by atoms with van der Waals surface area (Å²) >= 11 is 11.7. The molecule has 0 aromatic heterocycles. The van der Waals surface area contributed by atoms with Crippen LogP contribution < -0.4 is 10.1 Å². The molecule has 3 nitrogen and oxygen atoms in total. The Morgan fingerprint density at radius 3 is 2.70 bits per heavy atom. The first-order valence-electron chi connectivity index (χ1n) is 6.85. The van der Waals surface area contributed by atoms with Crippen LogP contribution in [0.4, 0.5) is 0 Å². The van der Waals surface area contributed by atoms with E-state index in [0.717, 1.165) is 12.5 Å². The van der Waals surface area contributed by atoms with Gasteiger partial charge in [-0.2, -0.15) is 0 Å². The van der Waals surface area contributed by atoms with Gasteiger partial charge in [0, 0.05) is 12.6 Å². The number of hydrogen-bond donors (Lipinski definition) is 2. The Morgan fingerprint density at radius 1 is 1.40 bits per heavy atom. The van der Waals surface area contributed by atoms with Crippen LogP contribution in [0, 0.1) is 11.3 Å². The van der Waals surface area contributed by atoms with E-state index in [9.17, 15) is 5.11 Å². The van der Waals surface area contributed by atoms with Gasteiger partial charge in [-0.15, -0.1) is 0 Å². The summed E-state index contributed by atoms with van der Waals surface area (Å²) < 4.78 is 5.48. The van der Waals surface area contributed by atoms with Crippen LogP contribution >= 0.6 is 23.2 Å². The molecule has 0 radical (unpaired) electrons. The number of ether oxygens (including phenoxy) is 1. The van der Waals surface area contributed by atoms with Gasteiger partial charge in [0.25, 0.3) is 0 Å². The molecule has 1 aromatic carbocycles. The molecule has 2 N–H and O–H groups in total. The smallest absolute Gasteiger partial charge is 0.121 e. The van der Waals surface area contributed by atoms with Crippen molar-refractivity contribution in [1.82, 2.24) is 5.32 Å². The summed E-state index contributed by atoms with van der Waals surface area (Å²) in [5, 5.41) is 14.1. The van der Waals surface area contributed by atoms with Crippen LogP contribution in [0.2, 0.25) is 10.0 Å². The molecule has 0 bridgehead atoms. The maximum Gasteiger partial charge on any atom is 0.121 e. The molecule has 2 rings (SSSR count). The molecule has 0 heterocycles. The SMILES string of the molecule is CC1(C)CC1CNCC(O)COc1ccc(Cl)c(Cl)c1. The molecule has 0 spiro atoms. The normalized spacial score (nSPS) is 21.6. The highest BCUT2D eigenvalue weighted by Crippen LogP contribution is 2.50. The fourth-order valence-electron chi connectivity index (χ4n) is 2.17. The van der Waals surface area contributed by atoms with Gasteiger partial charge in [-0.25, -0.2) is 0 Å². The minimum atomic E-state index is -0.536. The van der Waals surface area contributed by atoms with Crippen molar-refractivity contribution in [2.75, 3.05) is 19.7 Å². The van der Waals surface area contributed by atoms with Gasteiger partial charge in [-0.05, 0) is 36.4 Å². The van der Waals surface area contributed by atoms with E-state index in [0.29, 0.717) is 27.8 Å². The van der Waals surface area contributed by atoms with Gasteiger partial charge < -0.3 is 15.2 Å². The highest BCUT2D eigenvalue weighted by molar-refractivity contribution is 6.42. The highest BCUT2D eigenvalue weighted by atomic mass is 35.5. The first kappa shape index (κ1) is 15.9. The third-order valence-electron chi connectivity index (χ3n) is 3.82. The van der Waals surface area contributed by atoms with Gasteiger partial charge in [-0.1, -0.05) is 37.0 Å². The van der Waals surface area contributed by atoms with Crippen molar-refractivity contribution in [3.63, 3.8) is 0 Å². The zero-order chi connectivity index (χ0) is 14.8. The fraction of sp³-hybridized carbons (Fsp3) is 0.600. The molecule has 112 valence electrons. The molecule has 0 saturated heterocycles. The predicted molar refractivity (Wildman–Crippen MR) is 82.7 cm³/mol. The standard InChI is InChI=1S/C15H21Cl2NO2/c1-15(2)6-10(15)7-18-8-11(19)9-20-12-3-4-13(16)14(17)5-12/h3-5,10-11,18-19H,6-9H2,1-2H3. The van der Waals surface area contributed by atoms with Crippen molar-refractivity contribution in [2.24, 2.45) is 11.3 Å². The van der Waals surface area contributed by atoms with E-state index in [1.54, 1.807) is 18.2 Å². The number of halogens is 2. The molecule has 1 aromatic rings. The van der Waals surface area contributed by atoms with Gasteiger partial charge in [0.15, 0.2) is 0 Å². The third kappa shape index (κ3) is 4.52. The molecule has 20 heavy (non-hydrogen) atoms. The molecule has 0 amide bonds. The number of rotatable bonds is 7. The van der Waals surface area contributed by atoms with E-state index in [2.05, 4.69) is 19.2 Å². The Labute approximate surface area is 130 Å². The maximum absolute atomic E-state index is 9.85. The first-order valence-corrected chi connectivity index (χ1v) is 7.61. The molecule has 1 aliphatic carbocycles. The average Bonchev–Trinajstić information content (AvgIpc) is 2.98. The van der Waals surface area contributed by atoms with E-state index in [1.165, 1.54) is 6.42 Å². The lowest BCUT2D eigenvalue weighted by molar-refractivity contribution is 0.106. The lowest BCUT2D eigenvalue weighted by Gasteiger charge is -2.14. The summed E-state index contributed by atoms with van der Waals surface area (Å²) in [5.74, 6) is 1.34. The minimum Gasteiger partial charge on any atom is -0.491 e. The van der Waals surface area contributed by atoms with Crippen LogP contribution in [0.1, 0.15) is 20.3 Å². The molecule has 1 fully saturated rings. The summed E-state index contributed by atoms with van der Waals surface area (Å²) in [6.45, 7) is 6.26. The van der Waals surface area contributed by atoms with Crippen molar-refractivity contribution in [1.29, 1.82) is 0 Å². The number of hydrogen-bond acceptors (Lipinski definition) is 3. The Kier molecular flexibility index (Phi) is 5.19. The molecule has 2 unspecified atom stereocenters. The van der Waals surface area contributed by atoms with E-state index in [-0.39, 0.29) is 6.61 Å². The molecular formula is C15H21Cl2NO2. The van der Waals surface area contributed by atoms with E-state index >= 15 is 0 Å². The van der Waals surface area contributed by atoms with Gasteiger partial charge in [0.2, 0.25) is 0 Å². The Hall–Kier alpha value is -0.480. The molecule has 2 atom stereocenters. The summed E-state index contributed by atoms with van der Waals surface area (Å²) in [7, 11) is 0. The van der Waals surface area contributed by atoms with E-state index in [4.69, 9.17) is 27.9 Å². The number of nitrogens with one attached hydrogen (secondary N) is 1. The number of benzene rings is 1. The fourth-order valence-corrected chi connectivity index (χ4v) is 2.45. The molecular weight excluding hydrogens is 297 g/mol. The summed E-state index contributed by atoms with van der Waals surface area (Å²) in [4.78, 5) is 0. The molecule has 1 saturated carbocycles. The zero-order valence-electron chi connectivity index (χ0n) is 11.8. The van der Waals surface area contributed by atoms with Gasteiger partial charge in [-0.3, -0.25) is 0 Å². The monoisotopic (exact) mass is 317 g/mol. The van der Waals surface area contributed by atoms with Gasteiger partial charge in [0.1, 0.15) is 18.5 Å². The lowest BCUT2D eigenvalue weighted by Crippen LogP contribution is -2.33. The second-order valence-corrected chi connectivity index (χ2v) is 6.90. The van der Waals surface area contributed by atoms with Crippen LogP contribution in [-0.4, -0.2) is 30.9 Å². The number of aliphatic hydroxyl groups is 1. The highest BCUT2D eigenvalue weighted by Gasteiger charge is 2.44. The van der Waals surface area contributed by atoms with Crippen LogP contribution in [0.5, 0.6) is 5.75 Å². The van der Waals surface area contributed by atoms with Crippen molar-refractivity contribution in [3.8, 4) is 5.75 Å². The summed E-state index contributed by atoms with van der Waals surface area (Å²) in [6, 6.07) is 5.07. The lowest BCUT2D eigenvalue weighted by atomic mass is 10.1. The van der Waals surface area contributed by atoms with Crippen molar-refractivity contribution in [3.05, 3.63) is 28.2 Å². The minimum absolute atomic E-state index is 0.235. The second kappa shape index (κ2) is 6.52. The van der Waals surface area contributed by atoms with Gasteiger partial charge in [0.05, 0.1) is 10.0 Å². The molecule has 1 aliphatic rings. The van der Waals surface area contributed by atoms with E-state index < -0.39 is 6.10 Å². The number of aliphatic hydroxyl groups excluding tert-OH is 1. The Balaban J connectivity index is 1.64. The van der Waals surface area contributed by atoms with Crippen LogP contribution in [0.25, 0.3) is 0 Å². The Morgan fingerprint density at radius 2 is 2.10 bits per heavy atom. The third-order valence-corrected chi connectivity index (χ3v) is 4.56. The van der Waals surface area contributed by atoms with Crippen LogP contribution in [-0.2, 0) is 0 Å². The van der Waals surface area contributed by atoms with E-state index in [1.807, 2.05) is 0 Å². The van der Waals surface area contributed by atoms with Crippen LogP contribution in [0.15, 0.2) is 18.2 Å². The largest absolute Gasteiger partial charge is 0.491 e. The predicted octanol–water partition coefficient (Wildman–Crippen LogP) is 3.37. The molecule has 0 aliphatic heterocycles. The van der Waals surface area contributed by atoms with Crippen molar-refractivity contribution < 1.29 is 9.84 Å². The zero-order valence-corrected chi connectivity index (χ0v) is 13.3. The first-order chi connectivity index (χ1) is 9.38. The quantitative estimate of drug-likeness (QED) is 0.810. The topological polar surface area (TPSA) is 41.5 Å². The second-order valence-electron chi connectivity index (χ2n) is 6.09. The Bertz CT molecular complexity index is 465. The van der Waals surface area contributed by atoms with Crippen LogP contribution in [0.3, 0.4) is 0 Å². The molecule has 5 heteroatoms. The average molecular weight is 318 g/mol. The summed E-state index contributed by atoms with van der Waals surface area (Å²) in [6.07, 6.45) is 0.724. The van der Waals surface area contributed by atoms with Crippen molar-refractivity contribution >= 4 is 23.2 Å². The van der Waals surface area contributed by atoms with Crippen molar-refractivity contribution in [2.45, 2.75) is 26.4 Å².